The largest absolute Gasteiger partial charge is 0.480 e. The molecule has 0 rings (SSSR count). The Hall–Kier alpha value is -2.28. The molecule has 0 aromatic rings. The van der Waals surface area contributed by atoms with Gasteiger partial charge in [0.1, 0.15) is 0 Å². The Bertz CT molecular complexity index is 274. The van der Waals surface area contributed by atoms with Crippen molar-refractivity contribution in [2.75, 3.05) is 0 Å². The van der Waals surface area contributed by atoms with Crippen molar-refractivity contribution in [3.05, 3.63) is 10.4 Å². The summed E-state index contributed by atoms with van der Waals surface area (Å²) in [5.74, 6) is -6.78. The Labute approximate surface area is 69.8 Å². The van der Waals surface area contributed by atoms with Gasteiger partial charge in [-0.05, 0) is 5.53 Å². The smallest absolute Gasteiger partial charge is 0.339 e. The van der Waals surface area contributed by atoms with Crippen molar-refractivity contribution in [1.29, 1.82) is 0 Å². The third kappa shape index (κ3) is 1.49. The second kappa shape index (κ2) is 3.41. The van der Waals surface area contributed by atoms with Crippen LogP contribution in [-0.2, 0) is 14.4 Å². The molecule has 0 aliphatic rings. The third-order valence-electron chi connectivity index (χ3n) is 1.12. The highest BCUT2D eigenvalue weighted by Crippen LogP contribution is 2.12. The molecule has 0 radical (unpaired) electrons. The summed E-state index contributed by atoms with van der Waals surface area (Å²) < 4.78 is 0. The Morgan fingerprint density at radius 1 is 1.08 bits per heavy atom. The quantitative estimate of drug-likeness (QED) is 0.229. The molecule has 0 heterocycles. The molecule has 0 aliphatic carbocycles. The first-order valence-corrected chi connectivity index (χ1v) is 2.66. The second-order valence-corrected chi connectivity index (χ2v) is 1.82. The van der Waals surface area contributed by atoms with E-state index in [1.165, 1.54) is 0 Å². The molecule has 70 valence electrons. The maximum atomic E-state index is 10.3. The molecule has 13 heavy (non-hydrogen) atoms. The van der Waals surface area contributed by atoms with Gasteiger partial charge in [-0.25, -0.2) is 0 Å². The molecule has 0 aliphatic heterocycles. The van der Waals surface area contributed by atoms with E-state index in [0.29, 0.717) is 0 Å². The lowest BCUT2D eigenvalue weighted by molar-refractivity contribution is -0.166. The standard InChI is InChI=1S/C4H3N3O6/c5-7-6-4(1(8)9,2(10)11)3(12)13/h(H,8,9)(H,10,11)(H,12,13). The number of hydrogen-bond donors (Lipinski definition) is 3. The molecule has 0 unspecified atom stereocenters. The van der Waals surface area contributed by atoms with Crippen LogP contribution in [0.3, 0.4) is 0 Å². The van der Waals surface area contributed by atoms with Crippen molar-refractivity contribution in [3.63, 3.8) is 0 Å². The van der Waals surface area contributed by atoms with Crippen LogP contribution < -0.4 is 0 Å². The number of carboxylic acids is 3. The van der Waals surface area contributed by atoms with E-state index in [0.717, 1.165) is 0 Å². The van der Waals surface area contributed by atoms with Gasteiger partial charge >= 0.3 is 23.4 Å². The molecule has 0 saturated carbocycles. The zero-order chi connectivity index (χ0) is 10.6. The van der Waals surface area contributed by atoms with Crippen LogP contribution in [0.2, 0.25) is 0 Å². The van der Waals surface area contributed by atoms with Gasteiger partial charge in [0.05, 0.1) is 0 Å². The average Bonchev–Trinajstić information content (AvgIpc) is 1.97. The van der Waals surface area contributed by atoms with Gasteiger partial charge in [0.15, 0.2) is 0 Å². The van der Waals surface area contributed by atoms with E-state index >= 15 is 0 Å². The number of azide groups is 1. The van der Waals surface area contributed by atoms with Crippen LogP contribution in [0.1, 0.15) is 0 Å². The van der Waals surface area contributed by atoms with Crippen LogP contribution in [0.15, 0.2) is 5.11 Å². The van der Waals surface area contributed by atoms with Crippen LogP contribution in [0.25, 0.3) is 10.4 Å². The topological polar surface area (TPSA) is 161 Å². The lowest BCUT2D eigenvalue weighted by Gasteiger charge is -2.12. The van der Waals surface area contributed by atoms with Gasteiger partial charge in [-0.1, -0.05) is 5.11 Å². The molecule has 9 nitrogen and oxygen atoms in total. The van der Waals surface area contributed by atoms with Gasteiger partial charge < -0.3 is 15.3 Å². The summed E-state index contributed by atoms with van der Waals surface area (Å²) in [6, 6.07) is 0. The number of carbonyl (C=O) groups is 3. The summed E-state index contributed by atoms with van der Waals surface area (Å²) in [6.07, 6.45) is 0. The maximum Gasteiger partial charge on any atom is 0.339 e. The van der Waals surface area contributed by atoms with Crippen molar-refractivity contribution in [1.82, 2.24) is 0 Å². The molecule has 9 heteroatoms. The highest BCUT2D eigenvalue weighted by molar-refractivity contribution is 6.21. The highest BCUT2D eigenvalue weighted by atomic mass is 16.4. The van der Waals surface area contributed by atoms with E-state index in [1.807, 2.05) is 4.91 Å². The van der Waals surface area contributed by atoms with Crippen LogP contribution in [0, 0.1) is 0 Å². The minimum absolute atomic E-state index is 1.85. The van der Waals surface area contributed by atoms with Crippen molar-refractivity contribution in [2.45, 2.75) is 5.54 Å². The fourth-order valence-corrected chi connectivity index (χ4v) is 0.470. The average molecular weight is 189 g/mol. The summed E-state index contributed by atoms with van der Waals surface area (Å²) >= 11 is 0. The molecule has 0 bridgehead atoms. The van der Waals surface area contributed by atoms with E-state index in [9.17, 15) is 14.4 Å². The normalized spacial score (nSPS) is 9.85. The van der Waals surface area contributed by atoms with Crippen LogP contribution >= 0.6 is 0 Å². The van der Waals surface area contributed by atoms with Crippen molar-refractivity contribution >= 4 is 17.9 Å². The number of carboxylic acid groups (broad SMARTS) is 3. The first-order chi connectivity index (χ1) is 5.89. The Morgan fingerprint density at radius 2 is 1.38 bits per heavy atom. The minimum Gasteiger partial charge on any atom is -0.480 e. The van der Waals surface area contributed by atoms with E-state index in [2.05, 4.69) is 5.11 Å². The van der Waals surface area contributed by atoms with E-state index in [1.54, 1.807) is 0 Å². The van der Waals surface area contributed by atoms with Crippen LogP contribution in [-0.4, -0.2) is 38.8 Å². The van der Waals surface area contributed by atoms with Crippen molar-refractivity contribution in [3.8, 4) is 0 Å². The molecule has 3 N–H and O–H groups in total. The molecule has 0 saturated heterocycles. The fraction of sp³-hybridized carbons (Fsp3) is 0.250. The molecular formula is C4H3N3O6. The summed E-state index contributed by atoms with van der Waals surface area (Å²) in [5.41, 5.74) is 4.33. The highest BCUT2D eigenvalue weighted by Gasteiger charge is 2.54. The van der Waals surface area contributed by atoms with Gasteiger partial charge in [0.25, 0.3) is 0 Å². The van der Waals surface area contributed by atoms with E-state index < -0.39 is 23.4 Å². The number of rotatable bonds is 4. The first kappa shape index (κ1) is 10.7. The van der Waals surface area contributed by atoms with Crippen molar-refractivity contribution in [2.24, 2.45) is 5.11 Å². The van der Waals surface area contributed by atoms with Crippen LogP contribution in [0.5, 0.6) is 0 Å². The minimum atomic E-state index is -3.49. The fourth-order valence-electron chi connectivity index (χ4n) is 0.470. The Morgan fingerprint density at radius 3 is 1.46 bits per heavy atom. The summed E-state index contributed by atoms with van der Waals surface area (Å²) in [7, 11) is 0. The van der Waals surface area contributed by atoms with E-state index in [4.69, 9.17) is 20.9 Å². The zero-order valence-electron chi connectivity index (χ0n) is 5.91. The molecule has 0 aromatic carbocycles. The predicted molar refractivity (Wildman–Crippen MR) is 34.8 cm³/mol. The number of hydrogen-bond acceptors (Lipinski definition) is 4. The lowest BCUT2D eigenvalue weighted by Crippen LogP contribution is -2.51. The molecule has 0 amide bonds. The van der Waals surface area contributed by atoms with Gasteiger partial charge in [0, 0.05) is 4.91 Å². The molecular weight excluding hydrogens is 186 g/mol. The molecule has 0 aromatic heterocycles. The predicted octanol–water partition coefficient (Wildman–Crippen LogP) is -0.711. The maximum absolute atomic E-state index is 10.3. The lowest BCUT2D eigenvalue weighted by atomic mass is 10.0. The number of nitrogens with zero attached hydrogens (tertiary/aromatic N) is 3. The van der Waals surface area contributed by atoms with Gasteiger partial charge in [0.2, 0.25) is 0 Å². The third-order valence-corrected chi connectivity index (χ3v) is 1.12. The number of aliphatic carboxylic acids is 3. The van der Waals surface area contributed by atoms with Crippen LogP contribution in [0.4, 0.5) is 0 Å². The first-order valence-electron chi connectivity index (χ1n) is 2.66. The monoisotopic (exact) mass is 189 g/mol. The molecule has 0 fully saturated rings. The SMILES string of the molecule is [N-]=[N+]=NC(C(=O)O)(C(=O)O)C(=O)O. The van der Waals surface area contributed by atoms with Gasteiger partial charge in [-0.3, -0.25) is 14.4 Å². The zero-order valence-corrected chi connectivity index (χ0v) is 5.91. The van der Waals surface area contributed by atoms with E-state index in [-0.39, 0.29) is 0 Å². The summed E-state index contributed by atoms with van der Waals surface area (Å²) in [5, 5.41) is 27.0. The van der Waals surface area contributed by atoms with Gasteiger partial charge in [-0.2, -0.15) is 0 Å². The van der Waals surface area contributed by atoms with Crippen molar-refractivity contribution < 1.29 is 29.7 Å². The molecule has 0 atom stereocenters. The second-order valence-electron chi connectivity index (χ2n) is 1.82. The summed E-state index contributed by atoms with van der Waals surface area (Å²) in [4.78, 5) is 32.7. The van der Waals surface area contributed by atoms with Gasteiger partial charge in [-0.15, -0.1) is 0 Å². The summed E-state index contributed by atoms with van der Waals surface area (Å²) in [6.45, 7) is 0. The Balaban J connectivity index is 5.58. The Kier molecular flexibility index (Phi) is 2.81. The molecule has 0 spiro atoms.